The molecule has 0 bridgehead atoms. The predicted octanol–water partition coefficient (Wildman–Crippen LogP) is 3.01. The predicted molar refractivity (Wildman–Crippen MR) is 110 cm³/mol. The maximum atomic E-state index is 13.2. The molecule has 1 saturated heterocycles. The van der Waals surface area contributed by atoms with E-state index in [-0.39, 0.29) is 17.5 Å². The van der Waals surface area contributed by atoms with Crippen molar-refractivity contribution in [2.45, 2.75) is 45.2 Å². The topological polar surface area (TPSA) is 89.2 Å². The Bertz CT molecular complexity index is 868. The lowest BCUT2D eigenvalue weighted by atomic mass is 10.1. The summed E-state index contributed by atoms with van der Waals surface area (Å²) in [6.45, 7) is 5.84. The lowest BCUT2D eigenvalue weighted by Crippen LogP contribution is -2.34. The zero-order valence-electron chi connectivity index (χ0n) is 16.7. The van der Waals surface area contributed by atoms with Crippen LogP contribution >= 0.6 is 0 Å². The van der Waals surface area contributed by atoms with Gasteiger partial charge in [0.2, 0.25) is 0 Å². The molecule has 0 saturated carbocycles. The first kappa shape index (κ1) is 20.1. The molecule has 0 unspecified atom stereocenters. The van der Waals surface area contributed by atoms with E-state index in [4.69, 9.17) is 19.9 Å². The van der Waals surface area contributed by atoms with Gasteiger partial charge in [-0.3, -0.25) is 9.36 Å². The summed E-state index contributed by atoms with van der Waals surface area (Å²) in [5, 5.41) is 11.2. The molecule has 2 aromatic rings. The lowest BCUT2D eigenvalue weighted by molar-refractivity contribution is 0.0903. The van der Waals surface area contributed by atoms with Crippen LogP contribution in [0.2, 0.25) is 0 Å². The Labute approximate surface area is 165 Å². The van der Waals surface area contributed by atoms with E-state index in [9.17, 15) is 4.79 Å². The van der Waals surface area contributed by atoms with Crippen LogP contribution in [-0.4, -0.2) is 42.1 Å². The van der Waals surface area contributed by atoms with Crippen molar-refractivity contribution in [1.29, 1.82) is 5.41 Å². The second kappa shape index (κ2) is 9.01. The third kappa shape index (κ3) is 4.42. The number of nitrogens with zero attached hydrogens (tertiary/aromatic N) is 2. The average molecular weight is 384 g/mol. The van der Waals surface area contributed by atoms with Crippen LogP contribution in [-0.2, 0) is 11.3 Å². The van der Waals surface area contributed by atoms with Crippen molar-refractivity contribution >= 4 is 12.0 Å². The van der Waals surface area contributed by atoms with Gasteiger partial charge in [0.25, 0.3) is 5.56 Å². The number of rotatable bonds is 7. The number of methoxy groups -OCH3 is 1. The molecular weight excluding hydrogens is 356 g/mol. The Morgan fingerprint density at radius 1 is 1.32 bits per heavy atom. The maximum absolute atomic E-state index is 13.2. The van der Waals surface area contributed by atoms with E-state index in [0.29, 0.717) is 37.0 Å². The highest BCUT2D eigenvalue weighted by Crippen LogP contribution is 2.20. The number of hydrogen-bond acceptors (Lipinski definition) is 6. The lowest BCUT2D eigenvalue weighted by Gasteiger charge is -2.25. The SMILES string of the molecule is COc1ccc(Cn2c(C(C)C)nc(NC3CCOCC3)c(C=N)c2=O)cc1. The molecule has 28 heavy (non-hydrogen) atoms. The minimum atomic E-state index is -0.195. The molecule has 1 aliphatic rings. The normalized spacial score (nSPS) is 14.9. The van der Waals surface area contributed by atoms with Crippen molar-refractivity contribution in [1.82, 2.24) is 9.55 Å². The van der Waals surface area contributed by atoms with Gasteiger partial charge >= 0.3 is 0 Å². The van der Waals surface area contributed by atoms with Crippen LogP contribution in [0.3, 0.4) is 0 Å². The van der Waals surface area contributed by atoms with Crippen molar-refractivity contribution in [2.75, 3.05) is 25.6 Å². The quantitative estimate of drug-likeness (QED) is 0.717. The van der Waals surface area contributed by atoms with Crippen molar-refractivity contribution in [3.8, 4) is 5.75 Å². The van der Waals surface area contributed by atoms with E-state index in [1.165, 1.54) is 0 Å². The summed E-state index contributed by atoms with van der Waals surface area (Å²) in [5.74, 6) is 2.05. The van der Waals surface area contributed by atoms with Crippen molar-refractivity contribution in [2.24, 2.45) is 0 Å². The third-order valence-corrected chi connectivity index (χ3v) is 4.96. The van der Waals surface area contributed by atoms with E-state index in [1.54, 1.807) is 11.7 Å². The van der Waals surface area contributed by atoms with Gasteiger partial charge in [-0.1, -0.05) is 26.0 Å². The Morgan fingerprint density at radius 2 is 2.00 bits per heavy atom. The van der Waals surface area contributed by atoms with Crippen LogP contribution in [0, 0.1) is 5.41 Å². The van der Waals surface area contributed by atoms with E-state index in [1.807, 2.05) is 38.1 Å². The molecule has 1 aromatic heterocycles. The molecule has 3 rings (SSSR count). The standard InChI is InChI=1S/C21H28N4O3/c1-14(2)20-24-19(23-16-8-10-28-11-9-16)18(12-22)21(26)25(20)13-15-4-6-17(27-3)7-5-15/h4-7,12,14,16,22-23H,8-11,13H2,1-3H3. The Morgan fingerprint density at radius 3 is 2.57 bits per heavy atom. The van der Waals surface area contributed by atoms with Gasteiger partial charge in [0.1, 0.15) is 17.4 Å². The number of hydrogen-bond donors (Lipinski definition) is 2. The fourth-order valence-electron chi connectivity index (χ4n) is 3.37. The fraction of sp³-hybridized carbons (Fsp3) is 0.476. The molecule has 7 heteroatoms. The molecule has 1 aromatic carbocycles. The van der Waals surface area contributed by atoms with Gasteiger partial charge in [-0.25, -0.2) is 4.98 Å². The van der Waals surface area contributed by atoms with Crippen LogP contribution in [0.15, 0.2) is 29.1 Å². The molecule has 1 aliphatic heterocycles. The molecule has 0 radical (unpaired) electrons. The van der Waals surface area contributed by atoms with Gasteiger partial charge in [0, 0.05) is 31.4 Å². The Hall–Kier alpha value is -2.67. The van der Waals surface area contributed by atoms with Gasteiger partial charge < -0.3 is 20.2 Å². The molecule has 0 atom stereocenters. The highest BCUT2D eigenvalue weighted by atomic mass is 16.5. The van der Waals surface area contributed by atoms with Crippen LogP contribution in [0.25, 0.3) is 0 Å². The number of ether oxygens (including phenoxy) is 2. The average Bonchev–Trinajstić information content (AvgIpc) is 2.71. The van der Waals surface area contributed by atoms with Crippen LogP contribution in [0.4, 0.5) is 5.82 Å². The van der Waals surface area contributed by atoms with Crippen LogP contribution in [0.5, 0.6) is 5.75 Å². The highest BCUT2D eigenvalue weighted by Gasteiger charge is 2.21. The molecule has 2 heterocycles. The highest BCUT2D eigenvalue weighted by molar-refractivity contribution is 5.83. The number of aromatic nitrogens is 2. The van der Waals surface area contributed by atoms with E-state index < -0.39 is 0 Å². The van der Waals surface area contributed by atoms with Gasteiger partial charge in [0.15, 0.2) is 0 Å². The number of anilines is 1. The molecule has 0 spiro atoms. The van der Waals surface area contributed by atoms with E-state index >= 15 is 0 Å². The summed E-state index contributed by atoms with van der Waals surface area (Å²) in [5.41, 5.74) is 1.08. The van der Waals surface area contributed by atoms with Gasteiger partial charge in [0.05, 0.1) is 19.2 Å². The van der Waals surface area contributed by atoms with Gasteiger partial charge in [-0.05, 0) is 30.5 Å². The van der Waals surface area contributed by atoms with E-state index in [2.05, 4.69) is 5.32 Å². The molecule has 1 fully saturated rings. The molecule has 150 valence electrons. The minimum absolute atomic E-state index is 0.0703. The Balaban J connectivity index is 1.98. The number of nitrogens with one attached hydrogen (secondary N) is 2. The first-order chi connectivity index (χ1) is 13.5. The van der Waals surface area contributed by atoms with Crippen molar-refractivity contribution in [3.05, 3.63) is 51.6 Å². The van der Waals surface area contributed by atoms with E-state index in [0.717, 1.165) is 30.4 Å². The molecule has 0 amide bonds. The molecule has 0 aliphatic carbocycles. The summed E-state index contributed by atoms with van der Waals surface area (Å²) in [6, 6.07) is 7.83. The minimum Gasteiger partial charge on any atom is -0.497 e. The smallest absolute Gasteiger partial charge is 0.264 e. The van der Waals surface area contributed by atoms with Gasteiger partial charge in [-0.2, -0.15) is 0 Å². The second-order valence-corrected chi connectivity index (χ2v) is 7.30. The summed E-state index contributed by atoms with van der Waals surface area (Å²) in [7, 11) is 1.63. The number of benzene rings is 1. The van der Waals surface area contributed by atoms with Crippen LogP contribution < -0.4 is 15.6 Å². The molecular formula is C21H28N4O3. The summed E-state index contributed by atoms with van der Waals surface area (Å²) in [4.78, 5) is 18.0. The van der Waals surface area contributed by atoms with Gasteiger partial charge in [-0.15, -0.1) is 0 Å². The fourth-order valence-corrected chi connectivity index (χ4v) is 3.37. The zero-order valence-corrected chi connectivity index (χ0v) is 16.7. The maximum Gasteiger partial charge on any atom is 0.264 e. The van der Waals surface area contributed by atoms with Crippen molar-refractivity contribution in [3.63, 3.8) is 0 Å². The first-order valence-electron chi connectivity index (χ1n) is 9.66. The van der Waals surface area contributed by atoms with Crippen molar-refractivity contribution < 1.29 is 9.47 Å². The molecule has 7 nitrogen and oxygen atoms in total. The molecule has 2 N–H and O–H groups in total. The zero-order chi connectivity index (χ0) is 20.1. The Kier molecular flexibility index (Phi) is 6.46. The van der Waals surface area contributed by atoms with Crippen LogP contribution in [0.1, 0.15) is 49.6 Å². The summed E-state index contributed by atoms with van der Waals surface area (Å²) in [6.07, 6.45) is 2.84. The third-order valence-electron chi connectivity index (χ3n) is 4.96. The first-order valence-corrected chi connectivity index (χ1v) is 9.66. The largest absolute Gasteiger partial charge is 0.497 e. The second-order valence-electron chi connectivity index (χ2n) is 7.30. The monoisotopic (exact) mass is 384 g/mol. The summed E-state index contributed by atoms with van der Waals surface area (Å²) < 4.78 is 12.3. The summed E-state index contributed by atoms with van der Waals surface area (Å²) >= 11 is 0.